The molecule has 2 aromatic heterocycles. The number of carbonyl (C=O) groups excluding carboxylic acids is 1. The molecule has 3 aromatic rings. The number of carbonyl (C=O) groups is 1. The van der Waals surface area contributed by atoms with Crippen LogP contribution in [0.5, 0.6) is 0 Å². The first-order valence-electron chi connectivity index (χ1n) is 7.66. The van der Waals surface area contributed by atoms with E-state index in [9.17, 15) is 4.79 Å². The van der Waals surface area contributed by atoms with Gasteiger partial charge < -0.3 is 5.32 Å². The lowest BCUT2D eigenvalue weighted by Crippen LogP contribution is -2.26. The van der Waals surface area contributed by atoms with Gasteiger partial charge >= 0.3 is 0 Å². The normalized spacial score (nSPS) is 10.6. The summed E-state index contributed by atoms with van der Waals surface area (Å²) >= 11 is 5.14. The van der Waals surface area contributed by atoms with Crippen LogP contribution in [0.3, 0.4) is 0 Å². The molecule has 122 valence electrons. The summed E-state index contributed by atoms with van der Waals surface area (Å²) in [5.74, 6) is -0.0731. The van der Waals surface area contributed by atoms with E-state index in [4.69, 9.17) is 0 Å². The van der Waals surface area contributed by atoms with Gasteiger partial charge in [0.1, 0.15) is 0 Å². The number of amides is 1. The highest BCUT2D eigenvalue weighted by molar-refractivity contribution is 9.10. The number of thiophene rings is 1. The molecule has 0 saturated heterocycles. The zero-order valence-corrected chi connectivity index (χ0v) is 15.7. The Kier molecular flexibility index (Phi) is 5.43. The van der Waals surface area contributed by atoms with E-state index in [1.54, 1.807) is 11.3 Å². The molecule has 0 bridgehead atoms. The molecule has 0 aliphatic rings. The van der Waals surface area contributed by atoms with Gasteiger partial charge in [-0.05, 0) is 60.0 Å². The second-order valence-electron chi connectivity index (χ2n) is 5.48. The first-order valence-corrected chi connectivity index (χ1v) is 9.40. The van der Waals surface area contributed by atoms with E-state index in [0.29, 0.717) is 12.1 Å². The molecule has 0 saturated carbocycles. The Balaban J connectivity index is 1.69. The Hall–Kier alpha value is -1.98. The number of aryl methyl sites for hydroxylation is 1. The number of nitrogens with zero attached hydrogens (tertiary/aromatic N) is 1. The topological polar surface area (TPSA) is 42.0 Å². The average Bonchev–Trinajstić information content (AvgIpc) is 3.08. The third-order valence-corrected chi connectivity index (χ3v) is 4.96. The van der Waals surface area contributed by atoms with E-state index < -0.39 is 0 Å². The van der Waals surface area contributed by atoms with Gasteiger partial charge in [0.2, 0.25) is 0 Å². The van der Waals surface area contributed by atoms with E-state index in [1.807, 2.05) is 48.7 Å². The van der Waals surface area contributed by atoms with E-state index in [0.717, 1.165) is 27.8 Å². The molecule has 0 radical (unpaired) electrons. The number of rotatable bonds is 5. The number of nitrogens with one attached hydrogen (secondary N) is 1. The van der Waals surface area contributed by atoms with Crippen molar-refractivity contribution in [3.05, 3.63) is 74.5 Å². The highest BCUT2D eigenvalue weighted by Crippen LogP contribution is 2.22. The van der Waals surface area contributed by atoms with Crippen LogP contribution in [-0.2, 0) is 6.42 Å². The molecule has 24 heavy (non-hydrogen) atoms. The third-order valence-electron chi connectivity index (χ3n) is 3.73. The minimum atomic E-state index is -0.0731. The number of pyridine rings is 1. The summed E-state index contributed by atoms with van der Waals surface area (Å²) in [4.78, 5) is 16.9. The molecule has 0 atom stereocenters. The van der Waals surface area contributed by atoms with Crippen molar-refractivity contribution < 1.29 is 4.79 Å². The summed E-state index contributed by atoms with van der Waals surface area (Å²) in [5, 5.41) is 7.12. The van der Waals surface area contributed by atoms with Crippen LogP contribution in [0.25, 0.3) is 11.3 Å². The van der Waals surface area contributed by atoms with Crippen molar-refractivity contribution in [3.8, 4) is 11.3 Å². The summed E-state index contributed by atoms with van der Waals surface area (Å²) in [7, 11) is 0. The molecule has 1 aromatic carbocycles. The quantitative estimate of drug-likeness (QED) is 0.664. The van der Waals surface area contributed by atoms with Gasteiger partial charge in [-0.1, -0.05) is 28.1 Å². The van der Waals surface area contributed by atoms with Crippen LogP contribution in [0.4, 0.5) is 0 Å². The van der Waals surface area contributed by atoms with Crippen LogP contribution < -0.4 is 5.32 Å². The smallest absolute Gasteiger partial charge is 0.253 e. The Morgan fingerprint density at radius 1 is 1.25 bits per heavy atom. The SMILES string of the molecule is Cc1nc(-c2cccc(Br)c2)ccc1C(=O)NCCc1ccsc1. The van der Waals surface area contributed by atoms with Crippen molar-refractivity contribution in [2.24, 2.45) is 0 Å². The molecule has 0 spiro atoms. The van der Waals surface area contributed by atoms with Gasteiger partial charge in [0.15, 0.2) is 0 Å². The van der Waals surface area contributed by atoms with E-state index in [1.165, 1.54) is 5.56 Å². The van der Waals surface area contributed by atoms with Crippen LogP contribution in [-0.4, -0.2) is 17.4 Å². The predicted octanol–water partition coefficient (Wildman–Crippen LogP) is 4.85. The van der Waals surface area contributed by atoms with Crippen molar-refractivity contribution in [1.29, 1.82) is 0 Å². The highest BCUT2D eigenvalue weighted by atomic mass is 79.9. The van der Waals surface area contributed by atoms with E-state index in [2.05, 4.69) is 37.7 Å². The first-order chi connectivity index (χ1) is 11.6. The van der Waals surface area contributed by atoms with Crippen LogP contribution in [0, 0.1) is 6.92 Å². The fraction of sp³-hybridized carbons (Fsp3) is 0.158. The maximum atomic E-state index is 12.3. The molecule has 1 amide bonds. The minimum Gasteiger partial charge on any atom is -0.352 e. The summed E-state index contributed by atoms with van der Waals surface area (Å²) in [6, 6.07) is 13.8. The Morgan fingerprint density at radius 2 is 2.12 bits per heavy atom. The van der Waals surface area contributed by atoms with Crippen LogP contribution in [0.15, 0.2) is 57.7 Å². The highest BCUT2D eigenvalue weighted by Gasteiger charge is 2.11. The summed E-state index contributed by atoms with van der Waals surface area (Å²) < 4.78 is 1.01. The molecule has 0 aliphatic heterocycles. The molecule has 1 N–H and O–H groups in total. The monoisotopic (exact) mass is 400 g/mol. The second kappa shape index (κ2) is 7.73. The van der Waals surface area contributed by atoms with Gasteiger partial charge in [0.05, 0.1) is 17.0 Å². The molecule has 0 unspecified atom stereocenters. The molecule has 3 nitrogen and oxygen atoms in total. The molecule has 0 fully saturated rings. The molecule has 3 rings (SSSR count). The third kappa shape index (κ3) is 4.10. The fourth-order valence-corrected chi connectivity index (χ4v) is 3.56. The number of hydrogen-bond donors (Lipinski definition) is 1. The Labute approximate surface area is 153 Å². The Morgan fingerprint density at radius 3 is 2.83 bits per heavy atom. The van der Waals surface area contributed by atoms with E-state index >= 15 is 0 Å². The fourth-order valence-electron chi connectivity index (χ4n) is 2.46. The molecule has 5 heteroatoms. The van der Waals surface area contributed by atoms with Gasteiger partial charge in [0.25, 0.3) is 5.91 Å². The largest absolute Gasteiger partial charge is 0.352 e. The van der Waals surface area contributed by atoms with Gasteiger partial charge in [-0.15, -0.1) is 0 Å². The second-order valence-corrected chi connectivity index (χ2v) is 7.17. The van der Waals surface area contributed by atoms with Gasteiger partial charge in [-0.2, -0.15) is 11.3 Å². The standard InChI is InChI=1S/C19H17BrN2OS/c1-13-17(19(23)21-9-7-14-8-10-24-12-14)5-6-18(22-13)15-3-2-4-16(20)11-15/h2-6,8,10-12H,7,9H2,1H3,(H,21,23). The molecular weight excluding hydrogens is 384 g/mol. The van der Waals surface area contributed by atoms with Crippen LogP contribution in [0.2, 0.25) is 0 Å². The zero-order chi connectivity index (χ0) is 16.9. The first kappa shape index (κ1) is 16.9. The van der Waals surface area contributed by atoms with Crippen molar-refractivity contribution >= 4 is 33.2 Å². The maximum Gasteiger partial charge on any atom is 0.253 e. The number of aromatic nitrogens is 1. The number of hydrogen-bond acceptors (Lipinski definition) is 3. The van der Waals surface area contributed by atoms with Gasteiger partial charge in [0, 0.05) is 16.6 Å². The van der Waals surface area contributed by atoms with Gasteiger partial charge in [-0.25, -0.2) is 0 Å². The zero-order valence-electron chi connectivity index (χ0n) is 13.3. The van der Waals surface area contributed by atoms with Crippen LogP contribution in [0.1, 0.15) is 21.6 Å². The molecule has 0 aliphatic carbocycles. The average molecular weight is 401 g/mol. The summed E-state index contributed by atoms with van der Waals surface area (Å²) in [6.45, 7) is 2.50. The van der Waals surface area contributed by atoms with E-state index in [-0.39, 0.29) is 5.91 Å². The predicted molar refractivity (Wildman–Crippen MR) is 102 cm³/mol. The number of halogens is 1. The number of benzene rings is 1. The maximum absolute atomic E-state index is 12.3. The van der Waals surface area contributed by atoms with Crippen molar-refractivity contribution in [2.45, 2.75) is 13.3 Å². The molecular formula is C19H17BrN2OS. The molecule has 2 heterocycles. The van der Waals surface area contributed by atoms with Gasteiger partial charge in [-0.3, -0.25) is 9.78 Å². The lowest BCUT2D eigenvalue weighted by atomic mass is 10.1. The lowest BCUT2D eigenvalue weighted by Gasteiger charge is -2.09. The van der Waals surface area contributed by atoms with Crippen molar-refractivity contribution in [2.75, 3.05) is 6.54 Å². The Bertz CT molecular complexity index is 846. The summed E-state index contributed by atoms with van der Waals surface area (Å²) in [5.41, 5.74) is 4.50. The lowest BCUT2D eigenvalue weighted by molar-refractivity contribution is 0.0953. The summed E-state index contributed by atoms with van der Waals surface area (Å²) in [6.07, 6.45) is 0.845. The van der Waals surface area contributed by atoms with Crippen molar-refractivity contribution in [3.63, 3.8) is 0 Å². The van der Waals surface area contributed by atoms with Crippen LogP contribution >= 0.6 is 27.3 Å². The minimum absolute atomic E-state index is 0.0731. The van der Waals surface area contributed by atoms with Crippen molar-refractivity contribution in [1.82, 2.24) is 10.3 Å².